The molecule has 1 unspecified atom stereocenters. The largest absolute Gasteiger partial charge is 0.419 e. The fourth-order valence-electron chi connectivity index (χ4n) is 3.06. The third-order valence-electron chi connectivity index (χ3n) is 4.52. The van der Waals surface area contributed by atoms with Gasteiger partial charge in [-0.3, -0.25) is 0 Å². The molecule has 140 valence electrons. The maximum Gasteiger partial charge on any atom is 0.247 e. The van der Waals surface area contributed by atoms with Crippen LogP contribution in [0.4, 0.5) is 4.39 Å². The van der Waals surface area contributed by atoms with E-state index < -0.39 is 0 Å². The second-order valence-electron chi connectivity index (χ2n) is 6.49. The molecule has 0 radical (unpaired) electrons. The first-order valence-electron chi connectivity index (χ1n) is 9.21. The van der Waals surface area contributed by atoms with Gasteiger partial charge in [-0.2, -0.15) is 0 Å². The van der Waals surface area contributed by atoms with E-state index in [1.807, 2.05) is 48.5 Å². The molecule has 0 saturated heterocycles. The molecule has 1 aromatic heterocycles. The Bertz CT molecular complexity index is 1000. The molecule has 0 bridgehead atoms. The van der Waals surface area contributed by atoms with E-state index in [9.17, 15) is 4.39 Å². The Morgan fingerprint density at radius 3 is 2.21 bits per heavy atom. The smallest absolute Gasteiger partial charge is 0.247 e. The molecule has 4 nitrogen and oxygen atoms in total. The first-order valence-corrected chi connectivity index (χ1v) is 9.21. The highest BCUT2D eigenvalue weighted by Gasteiger charge is 2.21. The Kier molecular flexibility index (Phi) is 5.54. The number of rotatable bonds is 7. The van der Waals surface area contributed by atoms with E-state index in [2.05, 4.69) is 27.6 Å². The maximum atomic E-state index is 13.4. The highest BCUT2D eigenvalue weighted by atomic mass is 19.1. The summed E-state index contributed by atoms with van der Waals surface area (Å²) in [6.07, 6.45) is 0.859. The van der Waals surface area contributed by atoms with Gasteiger partial charge in [-0.1, -0.05) is 60.7 Å². The maximum absolute atomic E-state index is 13.4. The molecule has 0 amide bonds. The van der Waals surface area contributed by atoms with Gasteiger partial charge in [0.25, 0.3) is 0 Å². The summed E-state index contributed by atoms with van der Waals surface area (Å²) < 4.78 is 19.3. The minimum absolute atomic E-state index is 0.276. The van der Waals surface area contributed by atoms with Gasteiger partial charge in [0.15, 0.2) is 0 Å². The van der Waals surface area contributed by atoms with Crippen LogP contribution in [0, 0.1) is 5.82 Å². The number of aromatic nitrogens is 2. The van der Waals surface area contributed by atoms with Crippen molar-refractivity contribution in [2.24, 2.45) is 0 Å². The fourth-order valence-corrected chi connectivity index (χ4v) is 3.06. The molecular weight excluding hydrogens is 353 g/mol. The van der Waals surface area contributed by atoms with Crippen LogP contribution >= 0.6 is 0 Å². The van der Waals surface area contributed by atoms with Crippen LogP contribution in [0.25, 0.3) is 11.5 Å². The van der Waals surface area contributed by atoms with Crippen molar-refractivity contribution in [2.45, 2.75) is 12.5 Å². The number of hydrogen-bond donors (Lipinski definition) is 1. The molecule has 1 heterocycles. The summed E-state index contributed by atoms with van der Waals surface area (Å²) in [7, 11) is 0. The zero-order valence-electron chi connectivity index (χ0n) is 15.3. The Morgan fingerprint density at radius 1 is 0.821 bits per heavy atom. The van der Waals surface area contributed by atoms with Crippen molar-refractivity contribution in [3.63, 3.8) is 0 Å². The lowest BCUT2D eigenvalue weighted by atomic mass is 10.1. The molecule has 4 rings (SSSR count). The van der Waals surface area contributed by atoms with Crippen molar-refractivity contribution in [2.75, 3.05) is 6.54 Å². The van der Waals surface area contributed by atoms with E-state index in [0.29, 0.717) is 11.8 Å². The molecule has 0 spiro atoms. The molecule has 0 aliphatic rings. The SMILES string of the molecule is Fc1ccc(C(NCCc2ccccc2)c2nnc(-c3ccccc3)o2)cc1. The summed E-state index contributed by atoms with van der Waals surface area (Å²) >= 11 is 0. The lowest BCUT2D eigenvalue weighted by Gasteiger charge is -2.16. The van der Waals surface area contributed by atoms with Crippen LogP contribution in [0.2, 0.25) is 0 Å². The fraction of sp³-hybridized carbons (Fsp3) is 0.130. The van der Waals surface area contributed by atoms with E-state index >= 15 is 0 Å². The zero-order chi connectivity index (χ0) is 19.2. The van der Waals surface area contributed by atoms with Crippen molar-refractivity contribution >= 4 is 0 Å². The molecule has 4 aromatic rings. The van der Waals surface area contributed by atoms with Crippen LogP contribution in [0.15, 0.2) is 89.3 Å². The van der Waals surface area contributed by atoms with Gasteiger partial charge in [0, 0.05) is 12.1 Å². The van der Waals surface area contributed by atoms with Crippen LogP contribution in [0.3, 0.4) is 0 Å². The van der Waals surface area contributed by atoms with Crippen LogP contribution in [0.1, 0.15) is 23.1 Å². The summed E-state index contributed by atoms with van der Waals surface area (Å²) in [6.45, 7) is 0.717. The van der Waals surface area contributed by atoms with Crippen molar-refractivity contribution < 1.29 is 8.81 Å². The minimum Gasteiger partial charge on any atom is -0.419 e. The van der Waals surface area contributed by atoms with Gasteiger partial charge in [0.1, 0.15) is 11.9 Å². The van der Waals surface area contributed by atoms with Crippen LogP contribution < -0.4 is 5.32 Å². The molecule has 0 aliphatic heterocycles. The van der Waals surface area contributed by atoms with Gasteiger partial charge < -0.3 is 9.73 Å². The van der Waals surface area contributed by atoms with Crippen molar-refractivity contribution in [1.29, 1.82) is 0 Å². The van der Waals surface area contributed by atoms with Gasteiger partial charge >= 0.3 is 0 Å². The zero-order valence-corrected chi connectivity index (χ0v) is 15.3. The van der Waals surface area contributed by atoms with Gasteiger partial charge in [-0.15, -0.1) is 10.2 Å². The van der Waals surface area contributed by atoms with Gasteiger partial charge in [0.05, 0.1) is 0 Å². The molecule has 0 aliphatic carbocycles. The summed E-state index contributed by atoms with van der Waals surface area (Å²) in [4.78, 5) is 0. The molecule has 1 atom stereocenters. The Morgan fingerprint density at radius 2 is 1.50 bits per heavy atom. The van der Waals surface area contributed by atoms with E-state index in [1.165, 1.54) is 17.7 Å². The van der Waals surface area contributed by atoms with Crippen LogP contribution in [0.5, 0.6) is 0 Å². The van der Waals surface area contributed by atoms with Crippen LogP contribution in [-0.4, -0.2) is 16.7 Å². The third-order valence-corrected chi connectivity index (χ3v) is 4.52. The number of hydrogen-bond acceptors (Lipinski definition) is 4. The highest BCUT2D eigenvalue weighted by Crippen LogP contribution is 2.25. The average molecular weight is 373 g/mol. The predicted molar refractivity (Wildman–Crippen MR) is 106 cm³/mol. The summed E-state index contributed by atoms with van der Waals surface area (Å²) in [5.74, 6) is 0.647. The monoisotopic (exact) mass is 373 g/mol. The lowest BCUT2D eigenvalue weighted by Crippen LogP contribution is -2.25. The number of benzene rings is 3. The number of nitrogens with one attached hydrogen (secondary N) is 1. The molecule has 3 aromatic carbocycles. The molecular formula is C23H20FN3O. The Labute approximate surface area is 163 Å². The second-order valence-corrected chi connectivity index (χ2v) is 6.49. The molecule has 0 fully saturated rings. The number of nitrogens with zero attached hydrogens (tertiary/aromatic N) is 2. The number of halogens is 1. The Hall–Kier alpha value is -3.31. The average Bonchev–Trinajstić information content (AvgIpc) is 3.23. The van der Waals surface area contributed by atoms with Gasteiger partial charge in [-0.05, 0) is 41.8 Å². The van der Waals surface area contributed by atoms with Gasteiger partial charge in [0.2, 0.25) is 11.8 Å². The molecule has 5 heteroatoms. The van der Waals surface area contributed by atoms with E-state index in [1.54, 1.807) is 12.1 Å². The normalized spacial score (nSPS) is 12.0. The van der Waals surface area contributed by atoms with Crippen molar-refractivity contribution in [3.05, 3.63) is 108 Å². The van der Waals surface area contributed by atoms with Crippen LogP contribution in [-0.2, 0) is 6.42 Å². The standard InChI is InChI=1S/C23H20FN3O/c24-20-13-11-18(12-14-20)21(25-16-15-17-7-3-1-4-8-17)23-27-26-22(28-23)19-9-5-2-6-10-19/h1-14,21,25H,15-16H2. The highest BCUT2D eigenvalue weighted by molar-refractivity contribution is 5.51. The summed E-state index contributed by atoms with van der Waals surface area (Å²) in [5.41, 5.74) is 2.98. The van der Waals surface area contributed by atoms with E-state index in [4.69, 9.17) is 4.42 Å². The quantitative estimate of drug-likeness (QED) is 0.506. The van der Waals surface area contributed by atoms with Crippen molar-refractivity contribution in [1.82, 2.24) is 15.5 Å². The summed E-state index contributed by atoms with van der Waals surface area (Å²) in [6, 6.07) is 25.9. The summed E-state index contributed by atoms with van der Waals surface area (Å²) in [5, 5.41) is 11.9. The molecule has 0 saturated carbocycles. The first kappa shape index (κ1) is 18.1. The topological polar surface area (TPSA) is 51.0 Å². The molecule has 28 heavy (non-hydrogen) atoms. The lowest BCUT2D eigenvalue weighted by molar-refractivity contribution is 0.440. The van der Waals surface area contributed by atoms with E-state index in [-0.39, 0.29) is 11.9 Å². The van der Waals surface area contributed by atoms with E-state index in [0.717, 1.165) is 24.1 Å². The Balaban J connectivity index is 1.56. The predicted octanol–water partition coefficient (Wildman–Crippen LogP) is 4.80. The third kappa shape index (κ3) is 4.32. The molecule has 1 N–H and O–H groups in total. The minimum atomic E-state index is -0.311. The second kappa shape index (κ2) is 8.59. The first-order chi connectivity index (χ1) is 13.8. The van der Waals surface area contributed by atoms with Gasteiger partial charge in [-0.25, -0.2) is 4.39 Å². The van der Waals surface area contributed by atoms with Crippen molar-refractivity contribution in [3.8, 4) is 11.5 Å².